The Morgan fingerprint density at radius 3 is 2.89 bits per heavy atom. The summed E-state index contributed by atoms with van der Waals surface area (Å²) in [7, 11) is 1.65. The molecule has 0 saturated carbocycles. The predicted octanol–water partition coefficient (Wildman–Crippen LogP) is 2.00. The molecule has 0 radical (unpaired) electrons. The zero-order valence-corrected chi connectivity index (χ0v) is 11.8. The molecule has 0 saturated heterocycles. The Balaban J connectivity index is 2.44. The van der Waals surface area contributed by atoms with Crippen LogP contribution in [-0.4, -0.2) is 36.7 Å². The summed E-state index contributed by atoms with van der Waals surface area (Å²) in [4.78, 5) is 0. The second-order valence-electron chi connectivity index (χ2n) is 4.10. The summed E-state index contributed by atoms with van der Waals surface area (Å²) in [6, 6.07) is -0.144. The van der Waals surface area contributed by atoms with Crippen molar-refractivity contribution in [1.82, 2.24) is 9.78 Å². The van der Waals surface area contributed by atoms with Crippen molar-refractivity contribution in [2.45, 2.75) is 32.4 Å². The Hall–Kier alpha value is -0.620. The lowest BCUT2D eigenvalue weighted by molar-refractivity contribution is 0.0669. The number of ether oxygens (including phenoxy) is 2. The number of halogens is 1. The molecule has 5 nitrogen and oxygen atoms in total. The van der Waals surface area contributed by atoms with Gasteiger partial charge in [0.25, 0.3) is 0 Å². The van der Waals surface area contributed by atoms with Crippen LogP contribution in [0.25, 0.3) is 0 Å². The fourth-order valence-electron chi connectivity index (χ4n) is 1.72. The van der Waals surface area contributed by atoms with E-state index < -0.39 is 0 Å². The molecule has 1 atom stereocenters. The van der Waals surface area contributed by atoms with Gasteiger partial charge in [0, 0.05) is 20.3 Å². The number of nitrogens with zero attached hydrogens (tertiary/aromatic N) is 2. The summed E-state index contributed by atoms with van der Waals surface area (Å²) in [5.41, 5.74) is 7.03. The van der Waals surface area contributed by atoms with Crippen molar-refractivity contribution in [3.63, 3.8) is 0 Å². The van der Waals surface area contributed by atoms with Gasteiger partial charge >= 0.3 is 0 Å². The Morgan fingerprint density at radius 2 is 2.22 bits per heavy atom. The number of aromatic nitrogens is 2. The van der Waals surface area contributed by atoms with Gasteiger partial charge in [-0.2, -0.15) is 5.10 Å². The molecule has 0 spiro atoms. The average molecular weight is 276 g/mol. The maximum atomic E-state index is 6.13. The summed E-state index contributed by atoms with van der Waals surface area (Å²) >= 11 is 6.11. The van der Waals surface area contributed by atoms with Gasteiger partial charge in [-0.15, -0.1) is 0 Å². The van der Waals surface area contributed by atoms with Gasteiger partial charge in [0.05, 0.1) is 36.2 Å². The summed E-state index contributed by atoms with van der Waals surface area (Å²) in [5.74, 6) is 0. The van der Waals surface area contributed by atoms with E-state index in [-0.39, 0.29) is 6.04 Å². The molecule has 2 N–H and O–H groups in total. The maximum Gasteiger partial charge on any atom is 0.0834 e. The molecule has 18 heavy (non-hydrogen) atoms. The van der Waals surface area contributed by atoms with Crippen molar-refractivity contribution in [1.29, 1.82) is 0 Å². The van der Waals surface area contributed by atoms with Gasteiger partial charge < -0.3 is 15.2 Å². The Morgan fingerprint density at radius 1 is 1.44 bits per heavy atom. The van der Waals surface area contributed by atoms with Crippen LogP contribution >= 0.6 is 11.6 Å². The first-order chi connectivity index (χ1) is 8.70. The number of rotatable bonds is 9. The monoisotopic (exact) mass is 275 g/mol. The molecule has 0 aliphatic heterocycles. The lowest BCUT2D eigenvalue weighted by Crippen LogP contribution is -2.19. The van der Waals surface area contributed by atoms with E-state index in [0.717, 1.165) is 25.1 Å². The van der Waals surface area contributed by atoms with Gasteiger partial charge in [-0.1, -0.05) is 18.5 Å². The highest BCUT2D eigenvalue weighted by atomic mass is 35.5. The molecule has 0 aromatic carbocycles. The standard InChI is InChI=1S/C12H22ClN3O2/c1-3-5-16-12(10(13)9-15-16)11(14)4-6-18-8-7-17-2/h9,11H,3-8,14H2,1-2H3. The highest BCUT2D eigenvalue weighted by Gasteiger charge is 2.16. The summed E-state index contributed by atoms with van der Waals surface area (Å²) in [6.45, 7) is 4.71. The van der Waals surface area contributed by atoms with Gasteiger partial charge in [-0.3, -0.25) is 4.68 Å². The van der Waals surface area contributed by atoms with Crippen molar-refractivity contribution in [3.05, 3.63) is 16.9 Å². The van der Waals surface area contributed by atoms with E-state index in [0.29, 0.717) is 24.8 Å². The van der Waals surface area contributed by atoms with Gasteiger partial charge in [0.2, 0.25) is 0 Å². The van der Waals surface area contributed by atoms with Crippen LogP contribution in [0.1, 0.15) is 31.5 Å². The third-order valence-electron chi connectivity index (χ3n) is 2.62. The van der Waals surface area contributed by atoms with Crippen LogP contribution in [-0.2, 0) is 16.0 Å². The topological polar surface area (TPSA) is 62.3 Å². The lowest BCUT2D eigenvalue weighted by atomic mass is 10.1. The van der Waals surface area contributed by atoms with Gasteiger partial charge in [0.1, 0.15) is 0 Å². The third-order valence-corrected chi connectivity index (χ3v) is 2.92. The molecule has 1 rings (SSSR count). The SMILES string of the molecule is CCCn1ncc(Cl)c1C(N)CCOCCOC. The van der Waals surface area contributed by atoms with E-state index in [4.69, 9.17) is 26.8 Å². The molecule has 1 aromatic heterocycles. The highest BCUT2D eigenvalue weighted by Crippen LogP contribution is 2.23. The molecule has 0 fully saturated rings. The van der Waals surface area contributed by atoms with E-state index in [1.807, 2.05) is 4.68 Å². The molecule has 1 heterocycles. The van der Waals surface area contributed by atoms with E-state index in [1.54, 1.807) is 13.3 Å². The smallest absolute Gasteiger partial charge is 0.0834 e. The normalized spacial score (nSPS) is 12.9. The molecule has 104 valence electrons. The number of hydrogen-bond donors (Lipinski definition) is 1. The highest BCUT2D eigenvalue weighted by molar-refractivity contribution is 6.31. The zero-order chi connectivity index (χ0) is 13.4. The molecule has 1 unspecified atom stereocenters. The van der Waals surface area contributed by atoms with Crippen LogP contribution < -0.4 is 5.73 Å². The molecular formula is C12H22ClN3O2. The molecule has 1 aromatic rings. The molecular weight excluding hydrogens is 254 g/mol. The van der Waals surface area contributed by atoms with Crippen LogP contribution in [0.2, 0.25) is 5.02 Å². The molecule has 0 bridgehead atoms. The third kappa shape index (κ3) is 4.57. The average Bonchev–Trinajstić information content (AvgIpc) is 2.71. The number of nitrogens with two attached hydrogens (primary N) is 1. The van der Waals surface area contributed by atoms with Crippen molar-refractivity contribution >= 4 is 11.6 Å². The minimum absolute atomic E-state index is 0.144. The predicted molar refractivity (Wildman–Crippen MR) is 71.8 cm³/mol. The Labute approximate surface area is 113 Å². The summed E-state index contributed by atoms with van der Waals surface area (Å²) in [6.07, 6.45) is 3.37. The van der Waals surface area contributed by atoms with Crippen molar-refractivity contribution in [2.75, 3.05) is 26.9 Å². The van der Waals surface area contributed by atoms with Crippen molar-refractivity contribution in [3.8, 4) is 0 Å². The van der Waals surface area contributed by atoms with E-state index >= 15 is 0 Å². The number of aryl methyl sites for hydroxylation is 1. The van der Waals surface area contributed by atoms with Crippen molar-refractivity contribution in [2.24, 2.45) is 5.73 Å². The first-order valence-electron chi connectivity index (χ1n) is 6.24. The van der Waals surface area contributed by atoms with E-state index in [2.05, 4.69) is 12.0 Å². The Bertz CT molecular complexity index is 344. The molecule has 6 heteroatoms. The fraction of sp³-hybridized carbons (Fsp3) is 0.750. The number of hydrogen-bond acceptors (Lipinski definition) is 4. The first kappa shape index (κ1) is 15.4. The summed E-state index contributed by atoms with van der Waals surface area (Å²) < 4.78 is 12.2. The van der Waals surface area contributed by atoms with Crippen LogP contribution in [0.3, 0.4) is 0 Å². The number of methoxy groups -OCH3 is 1. The van der Waals surface area contributed by atoms with Crippen LogP contribution in [0.15, 0.2) is 6.20 Å². The van der Waals surface area contributed by atoms with Gasteiger partial charge in [0.15, 0.2) is 0 Å². The van der Waals surface area contributed by atoms with Crippen LogP contribution in [0.5, 0.6) is 0 Å². The minimum Gasteiger partial charge on any atom is -0.382 e. The second-order valence-corrected chi connectivity index (χ2v) is 4.51. The largest absolute Gasteiger partial charge is 0.382 e. The molecule has 0 amide bonds. The van der Waals surface area contributed by atoms with Gasteiger partial charge in [-0.05, 0) is 12.8 Å². The lowest BCUT2D eigenvalue weighted by Gasteiger charge is -2.14. The second kappa shape index (κ2) is 8.48. The van der Waals surface area contributed by atoms with Gasteiger partial charge in [-0.25, -0.2) is 0 Å². The van der Waals surface area contributed by atoms with Crippen molar-refractivity contribution < 1.29 is 9.47 Å². The quantitative estimate of drug-likeness (QED) is 0.700. The minimum atomic E-state index is -0.144. The fourth-order valence-corrected chi connectivity index (χ4v) is 2.00. The first-order valence-corrected chi connectivity index (χ1v) is 6.62. The zero-order valence-electron chi connectivity index (χ0n) is 11.1. The summed E-state index contributed by atoms with van der Waals surface area (Å²) in [5, 5.41) is 4.86. The maximum absolute atomic E-state index is 6.13. The van der Waals surface area contributed by atoms with E-state index in [9.17, 15) is 0 Å². The Kier molecular flexibility index (Phi) is 7.27. The van der Waals surface area contributed by atoms with E-state index in [1.165, 1.54) is 0 Å². The van der Waals surface area contributed by atoms with Crippen LogP contribution in [0.4, 0.5) is 0 Å². The molecule has 0 aliphatic rings. The van der Waals surface area contributed by atoms with Crippen LogP contribution in [0, 0.1) is 0 Å². The molecule has 0 aliphatic carbocycles.